The molecular formula is C55H106O6. The van der Waals surface area contributed by atoms with Crippen molar-refractivity contribution in [3.05, 3.63) is 0 Å². The van der Waals surface area contributed by atoms with Crippen LogP contribution < -0.4 is 0 Å². The maximum Gasteiger partial charge on any atom is 0.306 e. The van der Waals surface area contributed by atoms with Crippen LogP contribution in [0.5, 0.6) is 0 Å². The Hall–Kier alpha value is -1.59. The summed E-state index contributed by atoms with van der Waals surface area (Å²) in [6.07, 6.45) is 49.4. The Kier molecular flexibility index (Phi) is 46.6. The van der Waals surface area contributed by atoms with E-state index in [2.05, 4.69) is 34.6 Å². The number of hydrogen-bond donors (Lipinski definition) is 0. The number of rotatable bonds is 49. The second-order valence-corrected chi connectivity index (χ2v) is 19.6. The Morgan fingerprint density at radius 1 is 0.344 bits per heavy atom. The van der Waals surface area contributed by atoms with Gasteiger partial charge in [0.25, 0.3) is 0 Å². The quantitative estimate of drug-likeness (QED) is 0.0344. The summed E-state index contributed by atoms with van der Waals surface area (Å²) in [6, 6.07) is 0. The molecule has 0 aliphatic heterocycles. The van der Waals surface area contributed by atoms with Crippen LogP contribution in [0.3, 0.4) is 0 Å². The lowest BCUT2D eigenvalue weighted by Gasteiger charge is -2.18. The van der Waals surface area contributed by atoms with Gasteiger partial charge in [-0.2, -0.15) is 0 Å². The molecule has 1 unspecified atom stereocenters. The molecule has 0 fully saturated rings. The van der Waals surface area contributed by atoms with Crippen molar-refractivity contribution in [3.63, 3.8) is 0 Å². The summed E-state index contributed by atoms with van der Waals surface area (Å²) >= 11 is 0. The molecule has 0 amide bonds. The number of unbranched alkanes of at least 4 members (excludes halogenated alkanes) is 33. The van der Waals surface area contributed by atoms with Crippen molar-refractivity contribution in [1.82, 2.24) is 0 Å². The Labute approximate surface area is 380 Å². The predicted octanol–water partition coefficient (Wildman–Crippen LogP) is 17.7. The lowest BCUT2D eigenvalue weighted by molar-refractivity contribution is -0.167. The van der Waals surface area contributed by atoms with E-state index in [1.807, 2.05) is 0 Å². The van der Waals surface area contributed by atoms with Crippen LogP contribution in [0.15, 0.2) is 0 Å². The minimum absolute atomic E-state index is 0.0632. The number of hydrogen-bond acceptors (Lipinski definition) is 6. The molecule has 0 spiro atoms. The number of carbonyl (C=O) groups is 3. The van der Waals surface area contributed by atoms with Crippen molar-refractivity contribution in [2.24, 2.45) is 11.8 Å². The first-order valence-electron chi connectivity index (χ1n) is 27.3. The van der Waals surface area contributed by atoms with E-state index in [4.69, 9.17) is 14.2 Å². The van der Waals surface area contributed by atoms with Gasteiger partial charge in [-0.15, -0.1) is 0 Å². The first-order chi connectivity index (χ1) is 29.8. The molecular weight excluding hydrogens is 757 g/mol. The van der Waals surface area contributed by atoms with Crippen molar-refractivity contribution in [2.45, 2.75) is 310 Å². The zero-order valence-corrected chi connectivity index (χ0v) is 41.8. The van der Waals surface area contributed by atoms with Gasteiger partial charge in [-0.1, -0.05) is 266 Å². The predicted molar refractivity (Wildman–Crippen MR) is 261 cm³/mol. The van der Waals surface area contributed by atoms with Crippen LogP contribution in [0.4, 0.5) is 0 Å². The fraction of sp³-hybridized carbons (Fsp3) is 0.945. The second-order valence-electron chi connectivity index (χ2n) is 19.6. The zero-order chi connectivity index (χ0) is 44.7. The summed E-state index contributed by atoms with van der Waals surface area (Å²) in [7, 11) is 0. The van der Waals surface area contributed by atoms with Crippen LogP contribution in [0, 0.1) is 11.8 Å². The second kappa shape index (κ2) is 47.9. The third-order valence-corrected chi connectivity index (χ3v) is 12.8. The van der Waals surface area contributed by atoms with Gasteiger partial charge in [-0.05, 0) is 31.1 Å². The lowest BCUT2D eigenvalue weighted by atomic mass is 9.99. The van der Waals surface area contributed by atoms with E-state index in [9.17, 15) is 14.4 Å². The molecule has 0 N–H and O–H groups in total. The van der Waals surface area contributed by atoms with E-state index in [0.717, 1.165) is 69.6 Å². The lowest BCUT2D eigenvalue weighted by Crippen LogP contribution is -2.30. The summed E-state index contributed by atoms with van der Waals surface area (Å²) in [4.78, 5) is 38.0. The first kappa shape index (κ1) is 59.4. The molecule has 0 radical (unpaired) electrons. The standard InChI is InChI=1S/C55H106O6/c1-6-8-9-10-11-12-18-25-30-35-40-45-53(56)59-48-52(61-55(58)47-42-37-32-27-22-17-19-23-28-33-38-43-50(3)4)49-60-54(57)46-41-36-31-26-21-16-14-13-15-20-24-29-34-39-44-51(5)7-2/h50-52H,6-49H2,1-5H3/t51?,52-/m1/s1. The summed E-state index contributed by atoms with van der Waals surface area (Å²) in [5, 5.41) is 0. The highest BCUT2D eigenvalue weighted by Gasteiger charge is 2.19. The summed E-state index contributed by atoms with van der Waals surface area (Å²) in [6.45, 7) is 11.4. The topological polar surface area (TPSA) is 78.9 Å². The van der Waals surface area contributed by atoms with Crippen molar-refractivity contribution >= 4 is 17.9 Å². The average molecular weight is 863 g/mol. The maximum absolute atomic E-state index is 12.8. The minimum atomic E-state index is -0.762. The van der Waals surface area contributed by atoms with Crippen molar-refractivity contribution in [1.29, 1.82) is 0 Å². The van der Waals surface area contributed by atoms with E-state index in [-0.39, 0.29) is 31.1 Å². The molecule has 0 aliphatic carbocycles. The van der Waals surface area contributed by atoms with Gasteiger partial charge in [-0.3, -0.25) is 14.4 Å². The molecule has 61 heavy (non-hydrogen) atoms. The average Bonchev–Trinajstić information content (AvgIpc) is 3.24. The van der Waals surface area contributed by atoms with Gasteiger partial charge < -0.3 is 14.2 Å². The molecule has 0 saturated carbocycles. The highest BCUT2D eigenvalue weighted by molar-refractivity contribution is 5.71. The van der Waals surface area contributed by atoms with Crippen LogP contribution in [-0.2, 0) is 28.6 Å². The smallest absolute Gasteiger partial charge is 0.306 e. The molecule has 0 rings (SSSR count). The Balaban J connectivity index is 4.27. The monoisotopic (exact) mass is 863 g/mol. The van der Waals surface area contributed by atoms with E-state index in [0.29, 0.717) is 19.3 Å². The zero-order valence-electron chi connectivity index (χ0n) is 41.8. The molecule has 0 aromatic rings. The molecule has 0 bridgehead atoms. The summed E-state index contributed by atoms with van der Waals surface area (Å²) in [5.41, 5.74) is 0. The van der Waals surface area contributed by atoms with Crippen LogP contribution in [-0.4, -0.2) is 37.2 Å². The van der Waals surface area contributed by atoms with Gasteiger partial charge in [0.1, 0.15) is 13.2 Å². The van der Waals surface area contributed by atoms with Crippen LogP contribution in [0.25, 0.3) is 0 Å². The fourth-order valence-electron chi connectivity index (χ4n) is 8.31. The minimum Gasteiger partial charge on any atom is -0.462 e. The largest absolute Gasteiger partial charge is 0.462 e. The SMILES string of the molecule is CCCCCCCCCCCCCC(=O)OC[C@H](COC(=O)CCCCCCCCCCCCCCCCC(C)CC)OC(=O)CCCCCCCCCCCCCC(C)C. The van der Waals surface area contributed by atoms with Crippen LogP contribution in [0.2, 0.25) is 0 Å². The Bertz CT molecular complexity index is 933. The third kappa shape index (κ3) is 47.7. The number of ether oxygens (including phenoxy) is 3. The van der Waals surface area contributed by atoms with Gasteiger partial charge in [0, 0.05) is 19.3 Å². The van der Waals surface area contributed by atoms with Gasteiger partial charge in [-0.25, -0.2) is 0 Å². The van der Waals surface area contributed by atoms with E-state index in [1.54, 1.807) is 0 Å². The normalized spacial score (nSPS) is 12.5. The van der Waals surface area contributed by atoms with Crippen molar-refractivity contribution in [3.8, 4) is 0 Å². The van der Waals surface area contributed by atoms with Gasteiger partial charge >= 0.3 is 17.9 Å². The maximum atomic E-state index is 12.8. The molecule has 0 saturated heterocycles. The molecule has 0 aromatic carbocycles. The first-order valence-corrected chi connectivity index (χ1v) is 27.3. The number of esters is 3. The van der Waals surface area contributed by atoms with Crippen molar-refractivity contribution in [2.75, 3.05) is 13.2 Å². The van der Waals surface area contributed by atoms with Gasteiger partial charge in [0.05, 0.1) is 0 Å². The molecule has 0 heterocycles. The number of carbonyl (C=O) groups excluding carboxylic acids is 3. The Morgan fingerprint density at radius 2 is 0.623 bits per heavy atom. The highest BCUT2D eigenvalue weighted by Crippen LogP contribution is 2.18. The van der Waals surface area contributed by atoms with Crippen LogP contribution >= 0.6 is 0 Å². The van der Waals surface area contributed by atoms with Gasteiger partial charge in [0.15, 0.2) is 6.10 Å². The van der Waals surface area contributed by atoms with E-state index < -0.39 is 6.10 Å². The molecule has 2 atom stereocenters. The molecule has 362 valence electrons. The Morgan fingerprint density at radius 3 is 0.934 bits per heavy atom. The molecule has 6 nitrogen and oxygen atoms in total. The van der Waals surface area contributed by atoms with E-state index in [1.165, 1.54) is 193 Å². The highest BCUT2D eigenvalue weighted by atomic mass is 16.6. The van der Waals surface area contributed by atoms with E-state index >= 15 is 0 Å². The molecule has 0 aliphatic rings. The van der Waals surface area contributed by atoms with Crippen molar-refractivity contribution < 1.29 is 28.6 Å². The third-order valence-electron chi connectivity index (χ3n) is 12.8. The fourth-order valence-corrected chi connectivity index (χ4v) is 8.31. The molecule has 0 aromatic heterocycles. The molecule has 6 heteroatoms. The summed E-state index contributed by atoms with van der Waals surface area (Å²) < 4.78 is 16.8. The van der Waals surface area contributed by atoms with Crippen LogP contribution in [0.1, 0.15) is 304 Å². The summed E-state index contributed by atoms with van der Waals surface area (Å²) in [5.74, 6) is 0.876. The van der Waals surface area contributed by atoms with Gasteiger partial charge in [0.2, 0.25) is 0 Å².